The van der Waals surface area contributed by atoms with Crippen molar-refractivity contribution >= 4 is 27.2 Å². The van der Waals surface area contributed by atoms with E-state index in [9.17, 15) is 8.42 Å². The molecule has 0 heterocycles. The highest BCUT2D eigenvalue weighted by atomic mass is 32.2. The summed E-state index contributed by atoms with van der Waals surface area (Å²) >= 11 is 4.81. The van der Waals surface area contributed by atoms with E-state index in [1.54, 1.807) is 0 Å². The molecule has 0 aliphatic heterocycles. The number of nitrogens with zero attached hydrogens (tertiary/aromatic N) is 1. The minimum absolute atomic E-state index is 0.0673. The smallest absolute Gasteiger partial charge is 0.215 e. The minimum Gasteiger partial charge on any atom is -0.392 e. The highest BCUT2D eigenvalue weighted by molar-refractivity contribution is 7.89. The largest absolute Gasteiger partial charge is 0.392 e. The molecule has 2 N–H and O–H groups in total. The topological polar surface area (TPSA) is 63.4 Å². The number of rotatable bonds is 7. The van der Waals surface area contributed by atoms with Crippen LogP contribution in [0.5, 0.6) is 0 Å². The molecule has 106 valence electrons. The van der Waals surface area contributed by atoms with E-state index < -0.39 is 10.0 Å². The summed E-state index contributed by atoms with van der Waals surface area (Å²) in [6.07, 6.45) is 0.490. The molecule has 0 spiro atoms. The third-order valence-electron chi connectivity index (χ3n) is 2.74. The summed E-state index contributed by atoms with van der Waals surface area (Å²) in [6, 6.07) is 9.40. The molecule has 0 bridgehead atoms. The molecule has 1 rings (SSSR count). The predicted octanol–water partition coefficient (Wildman–Crippen LogP) is 1.56. The van der Waals surface area contributed by atoms with Gasteiger partial charge in [-0.3, -0.25) is 0 Å². The van der Waals surface area contributed by atoms with E-state index in [0.29, 0.717) is 6.42 Å². The number of benzene rings is 1. The van der Waals surface area contributed by atoms with Crippen molar-refractivity contribution in [3.05, 3.63) is 35.9 Å². The summed E-state index contributed by atoms with van der Waals surface area (Å²) in [5.41, 5.74) is 6.47. The second-order valence-corrected chi connectivity index (χ2v) is 7.22. The number of thiocarbonyl (C=S) groups is 1. The average Bonchev–Trinajstić information content (AvgIpc) is 2.34. The van der Waals surface area contributed by atoms with Crippen LogP contribution in [-0.4, -0.2) is 36.1 Å². The van der Waals surface area contributed by atoms with Gasteiger partial charge in [-0.1, -0.05) is 42.5 Å². The molecule has 0 saturated carbocycles. The van der Waals surface area contributed by atoms with Crippen molar-refractivity contribution < 1.29 is 8.42 Å². The number of hydrogen-bond acceptors (Lipinski definition) is 3. The molecule has 4 nitrogen and oxygen atoms in total. The fourth-order valence-corrected chi connectivity index (χ4v) is 3.69. The molecule has 0 unspecified atom stereocenters. The van der Waals surface area contributed by atoms with Crippen LogP contribution in [-0.2, 0) is 16.4 Å². The molecule has 0 aliphatic carbocycles. The Kier molecular flexibility index (Phi) is 5.90. The Balaban J connectivity index is 2.75. The van der Waals surface area contributed by atoms with Crippen molar-refractivity contribution in [2.45, 2.75) is 26.3 Å². The van der Waals surface area contributed by atoms with Gasteiger partial charge in [0.05, 0.1) is 17.3 Å². The molecule has 1 aromatic rings. The summed E-state index contributed by atoms with van der Waals surface area (Å²) in [7, 11) is -3.35. The van der Waals surface area contributed by atoms with Crippen LogP contribution in [0, 0.1) is 0 Å². The Morgan fingerprint density at radius 3 is 2.37 bits per heavy atom. The normalized spacial score (nSPS) is 12.0. The maximum atomic E-state index is 12.3. The van der Waals surface area contributed by atoms with Crippen molar-refractivity contribution in [3.63, 3.8) is 0 Å². The second kappa shape index (κ2) is 6.98. The van der Waals surface area contributed by atoms with Gasteiger partial charge in [0.25, 0.3) is 0 Å². The number of hydrogen-bond donors (Lipinski definition) is 1. The van der Waals surface area contributed by atoms with Crippen molar-refractivity contribution in [2.24, 2.45) is 5.73 Å². The standard InChI is InChI=1S/C13H20N2O2S2/c1-11(2)15(10-13(14)18)19(16,17)9-8-12-6-4-3-5-7-12/h3-7,11H,8-10H2,1-2H3,(H2,14,18). The van der Waals surface area contributed by atoms with Gasteiger partial charge < -0.3 is 5.73 Å². The minimum atomic E-state index is -3.35. The lowest BCUT2D eigenvalue weighted by Crippen LogP contribution is -2.43. The van der Waals surface area contributed by atoms with Gasteiger partial charge in [-0.2, -0.15) is 4.31 Å². The first-order chi connectivity index (χ1) is 8.83. The van der Waals surface area contributed by atoms with E-state index in [0.717, 1.165) is 5.56 Å². The fourth-order valence-electron chi connectivity index (χ4n) is 1.76. The number of aryl methyl sites for hydroxylation is 1. The zero-order valence-corrected chi connectivity index (χ0v) is 12.9. The van der Waals surface area contributed by atoms with Crippen molar-refractivity contribution in [3.8, 4) is 0 Å². The molecule has 19 heavy (non-hydrogen) atoms. The van der Waals surface area contributed by atoms with E-state index in [1.807, 2.05) is 44.2 Å². The molecule has 0 aliphatic rings. The predicted molar refractivity (Wildman–Crippen MR) is 82.6 cm³/mol. The SMILES string of the molecule is CC(C)N(CC(N)=S)S(=O)(=O)CCc1ccccc1. The molecule has 1 aromatic carbocycles. The first-order valence-electron chi connectivity index (χ1n) is 6.14. The molecule has 0 amide bonds. The van der Waals surface area contributed by atoms with Gasteiger partial charge in [-0.15, -0.1) is 0 Å². The first kappa shape index (κ1) is 16.1. The second-order valence-electron chi connectivity index (χ2n) is 4.66. The van der Waals surface area contributed by atoms with Crippen LogP contribution < -0.4 is 5.73 Å². The van der Waals surface area contributed by atoms with E-state index >= 15 is 0 Å². The number of nitrogens with two attached hydrogens (primary N) is 1. The van der Waals surface area contributed by atoms with Gasteiger partial charge in [0.1, 0.15) is 0 Å². The van der Waals surface area contributed by atoms with Gasteiger partial charge >= 0.3 is 0 Å². The maximum absolute atomic E-state index is 12.3. The van der Waals surface area contributed by atoms with Crippen LogP contribution >= 0.6 is 12.2 Å². The molecule has 0 atom stereocenters. The Labute approximate surface area is 120 Å². The van der Waals surface area contributed by atoms with Crippen LogP contribution in [0.4, 0.5) is 0 Å². The van der Waals surface area contributed by atoms with E-state index in [1.165, 1.54) is 4.31 Å². The lowest BCUT2D eigenvalue weighted by molar-refractivity contribution is 0.391. The summed E-state index contributed by atoms with van der Waals surface area (Å²) in [6.45, 7) is 3.74. The Bertz CT molecular complexity index is 513. The van der Waals surface area contributed by atoms with Crippen molar-refractivity contribution in [1.29, 1.82) is 0 Å². The molecule has 0 aromatic heterocycles. The Morgan fingerprint density at radius 2 is 1.89 bits per heavy atom. The Morgan fingerprint density at radius 1 is 1.32 bits per heavy atom. The highest BCUT2D eigenvalue weighted by Crippen LogP contribution is 2.10. The molecule has 0 saturated heterocycles. The lowest BCUT2D eigenvalue weighted by Gasteiger charge is -2.25. The summed E-state index contributed by atoms with van der Waals surface area (Å²) in [5.74, 6) is 0.0673. The number of sulfonamides is 1. The van der Waals surface area contributed by atoms with Crippen LogP contribution in [0.2, 0.25) is 0 Å². The van der Waals surface area contributed by atoms with Crippen LogP contribution in [0.1, 0.15) is 19.4 Å². The van der Waals surface area contributed by atoms with Gasteiger partial charge in [0.15, 0.2) is 0 Å². The summed E-state index contributed by atoms with van der Waals surface area (Å²) < 4.78 is 25.9. The fraction of sp³-hybridized carbons (Fsp3) is 0.462. The lowest BCUT2D eigenvalue weighted by atomic mass is 10.2. The van der Waals surface area contributed by atoms with E-state index in [2.05, 4.69) is 0 Å². The Hall–Kier alpha value is -0.980. The monoisotopic (exact) mass is 300 g/mol. The third-order valence-corrected chi connectivity index (χ3v) is 4.85. The highest BCUT2D eigenvalue weighted by Gasteiger charge is 2.25. The zero-order valence-electron chi connectivity index (χ0n) is 11.2. The first-order valence-corrected chi connectivity index (χ1v) is 8.16. The van der Waals surface area contributed by atoms with Crippen LogP contribution in [0.3, 0.4) is 0 Å². The zero-order chi connectivity index (χ0) is 14.5. The summed E-state index contributed by atoms with van der Waals surface area (Å²) in [5, 5.41) is 0. The molecular weight excluding hydrogens is 280 g/mol. The van der Waals surface area contributed by atoms with Gasteiger partial charge in [0, 0.05) is 6.04 Å². The molecule has 0 fully saturated rings. The molecule has 6 heteroatoms. The molecular formula is C13H20N2O2S2. The van der Waals surface area contributed by atoms with Crippen LogP contribution in [0.15, 0.2) is 30.3 Å². The van der Waals surface area contributed by atoms with Gasteiger partial charge in [-0.05, 0) is 25.8 Å². The van der Waals surface area contributed by atoms with Gasteiger partial charge in [-0.25, -0.2) is 8.42 Å². The van der Waals surface area contributed by atoms with Crippen molar-refractivity contribution in [2.75, 3.05) is 12.3 Å². The van der Waals surface area contributed by atoms with E-state index in [4.69, 9.17) is 18.0 Å². The van der Waals surface area contributed by atoms with E-state index in [-0.39, 0.29) is 23.3 Å². The summed E-state index contributed by atoms with van der Waals surface area (Å²) in [4.78, 5) is 0.192. The maximum Gasteiger partial charge on any atom is 0.215 e. The van der Waals surface area contributed by atoms with Gasteiger partial charge in [0.2, 0.25) is 10.0 Å². The van der Waals surface area contributed by atoms with Crippen molar-refractivity contribution in [1.82, 2.24) is 4.31 Å². The van der Waals surface area contributed by atoms with Crippen LogP contribution in [0.25, 0.3) is 0 Å². The third kappa shape index (κ3) is 5.26. The quantitative estimate of drug-likeness (QED) is 0.776. The molecule has 0 radical (unpaired) electrons. The average molecular weight is 300 g/mol.